The van der Waals surface area contributed by atoms with Crippen molar-refractivity contribution >= 4 is 11.7 Å². The minimum absolute atomic E-state index is 0.0953. The van der Waals surface area contributed by atoms with Crippen LogP contribution in [0.25, 0.3) is 0 Å². The van der Waals surface area contributed by atoms with Gasteiger partial charge in [0.2, 0.25) is 5.91 Å². The van der Waals surface area contributed by atoms with Gasteiger partial charge in [-0.05, 0) is 13.3 Å². The highest BCUT2D eigenvalue weighted by Gasteiger charge is 2.36. The van der Waals surface area contributed by atoms with Gasteiger partial charge in [-0.15, -0.1) is 0 Å². The molecule has 0 saturated carbocycles. The second kappa shape index (κ2) is 5.33. The predicted molar refractivity (Wildman–Crippen MR) is 62.2 cm³/mol. The van der Waals surface area contributed by atoms with E-state index in [4.69, 9.17) is 10.9 Å². The van der Waals surface area contributed by atoms with E-state index in [2.05, 4.69) is 20.4 Å². The van der Waals surface area contributed by atoms with Gasteiger partial charge in [0.25, 0.3) is 0 Å². The van der Waals surface area contributed by atoms with Crippen LogP contribution in [0.4, 0.5) is 0 Å². The van der Waals surface area contributed by atoms with Crippen LogP contribution in [-0.4, -0.2) is 26.9 Å². The summed E-state index contributed by atoms with van der Waals surface area (Å²) in [6, 6.07) is 0. The van der Waals surface area contributed by atoms with E-state index in [-0.39, 0.29) is 11.7 Å². The van der Waals surface area contributed by atoms with E-state index in [1.54, 1.807) is 20.0 Å². The number of amidine groups is 1. The van der Waals surface area contributed by atoms with E-state index >= 15 is 0 Å². The molecule has 1 aromatic heterocycles. The van der Waals surface area contributed by atoms with Crippen LogP contribution < -0.4 is 11.1 Å². The average molecular weight is 239 g/mol. The van der Waals surface area contributed by atoms with Crippen molar-refractivity contribution in [3.05, 3.63) is 18.2 Å². The lowest BCUT2D eigenvalue weighted by molar-refractivity contribution is -0.127. The summed E-state index contributed by atoms with van der Waals surface area (Å²) in [5.74, 6) is -0.382. The van der Waals surface area contributed by atoms with Crippen molar-refractivity contribution in [1.29, 1.82) is 0 Å². The number of aromatic amines is 1. The number of aromatic nitrogens is 2. The molecule has 0 bridgehead atoms. The van der Waals surface area contributed by atoms with Crippen LogP contribution in [0.5, 0.6) is 0 Å². The van der Waals surface area contributed by atoms with Gasteiger partial charge in [-0.25, -0.2) is 4.98 Å². The molecule has 0 aromatic carbocycles. The highest BCUT2D eigenvalue weighted by atomic mass is 16.4. The molecule has 7 nitrogen and oxygen atoms in total. The zero-order valence-corrected chi connectivity index (χ0v) is 9.90. The molecular weight excluding hydrogens is 222 g/mol. The van der Waals surface area contributed by atoms with Gasteiger partial charge in [0.1, 0.15) is 5.41 Å². The van der Waals surface area contributed by atoms with Crippen LogP contribution in [0, 0.1) is 5.41 Å². The molecule has 0 radical (unpaired) electrons. The third kappa shape index (κ3) is 2.74. The molecule has 0 fully saturated rings. The zero-order chi connectivity index (χ0) is 12.9. The maximum Gasteiger partial charge on any atom is 0.233 e. The Balaban J connectivity index is 2.67. The van der Waals surface area contributed by atoms with Crippen molar-refractivity contribution in [2.24, 2.45) is 16.3 Å². The molecule has 1 heterocycles. The third-order valence-electron chi connectivity index (χ3n) is 2.88. The molecular formula is C10H17N5O2. The quantitative estimate of drug-likeness (QED) is 0.254. The van der Waals surface area contributed by atoms with E-state index in [0.29, 0.717) is 13.0 Å². The van der Waals surface area contributed by atoms with Gasteiger partial charge >= 0.3 is 0 Å². The Morgan fingerprint density at radius 2 is 2.47 bits per heavy atom. The number of carbonyl (C=O) groups excluding carboxylic acids is 1. The maximum atomic E-state index is 12.0. The first-order valence-corrected chi connectivity index (χ1v) is 5.28. The van der Waals surface area contributed by atoms with E-state index in [0.717, 1.165) is 5.69 Å². The number of nitrogens with one attached hydrogen (secondary N) is 2. The van der Waals surface area contributed by atoms with Crippen LogP contribution >= 0.6 is 0 Å². The van der Waals surface area contributed by atoms with Crippen molar-refractivity contribution in [3.8, 4) is 0 Å². The zero-order valence-electron chi connectivity index (χ0n) is 9.90. The Labute approximate surface area is 99.1 Å². The SMILES string of the molecule is CCC(C)(C(=O)NCc1cnc[nH]1)C(N)=NO. The molecule has 0 aliphatic rings. The molecule has 1 unspecified atom stereocenters. The third-order valence-corrected chi connectivity index (χ3v) is 2.88. The Morgan fingerprint density at radius 3 is 2.94 bits per heavy atom. The fourth-order valence-corrected chi connectivity index (χ4v) is 1.32. The number of carbonyl (C=O) groups is 1. The number of nitrogens with zero attached hydrogens (tertiary/aromatic N) is 2. The van der Waals surface area contributed by atoms with Crippen molar-refractivity contribution < 1.29 is 10.0 Å². The monoisotopic (exact) mass is 239 g/mol. The summed E-state index contributed by atoms with van der Waals surface area (Å²) in [7, 11) is 0. The molecule has 17 heavy (non-hydrogen) atoms. The molecule has 0 aliphatic heterocycles. The highest BCUT2D eigenvalue weighted by molar-refractivity contribution is 6.06. The smallest absolute Gasteiger partial charge is 0.233 e. The first kappa shape index (κ1) is 13.0. The Hall–Kier alpha value is -2.05. The lowest BCUT2D eigenvalue weighted by Gasteiger charge is -2.25. The standard InChI is InChI=1S/C10H17N5O2/c1-3-10(2,8(11)15-17)9(16)13-5-7-4-12-6-14-7/h4,6,17H,3,5H2,1-2H3,(H2,11,15)(H,12,14)(H,13,16). The number of rotatable bonds is 5. The fraction of sp³-hybridized carbons (Fsp3) is 0.500. The first-order valence-electron chi connectivity index (χ1n) is 5.28. The summed E-state index contributed by atoms with van der Waals surface area (Å²) in [4.78, 5) is 18.7. The Kier molecular flexibility index (Phi) is 4.08. The molecule has 0 aliphatic carbocycles. The van der Waals surface area contributed by atoms with Crippen LogP contribution in [-0.2, 0) is 11.3 Å². The molecule has 1 amide bonds. The molecule has 7 heteroatoms. The molecule has 1 rings (SSSR count). The number of hydrogen-bond acceptors (Lipinski definition) is 4. The molecule has 1 aromatic rings. The number of imidazole rings is 1. The van der Waals surface area contributed by atoms with E-state index in [1.807, 2.05) is 0 Å². The predicted octanol–water partition coefficient (Wildman–Crippen LogP) is 0.189. The van der Waals surface area contributed by atoms with Gasteiger partial charge in [-0.3, -0.25) is 4.79 Å². The fourth-order valence-electron chi connectivity index (χ4n) is 1.32. The van der Waals surface area contributed by atoms with Crippen LogP contribution in [0.3, 0.4) is 0 Å². The van der Waals surface area contributed by atoms with Gasteiger partial charge in [0.05, 0.1) is 18.6 Å². The second-order valence-electron chi connectivity index (χ2n) is 3.93. The Bertz CT molecular complexity index is 401. The average Bonchev–Trinajstić information content (AvgIpc) is 2.86. The topological polar surface area (TPSA) is 116 Å². The summed E-state index contributed by atoms with van der Waals surface area (Å²) < 4.78 is 0. The first-order chi connectivity index (χ1) is 8.04. The molecule has 0 spiro atoms. The maximum absolute atomic E-state index is 12.0. The minimum atomic E-state index is -1.01. The summed E-state index contributed by atoms with van der Waals surface area (Å²) in [6.07, 6.45) is 3.59. The summed E-state index contributed by atoms with van der Waals surface area (Å²) in [5, 5.41) is 14.3. The lowest BCUT2D eigenvalue weighted by Crippen LogP contribution is -2.47. The minimum Gasteiger partial charge on any atom is -0.409 e. The Morgan fingerprint density at radius 1 is 1.76 bits per heavy atom. The second-order valence-corrected chi connectivity index (χ2v) is 3.93. The van der Waals surface area contributed by atoms with Crippen molar-refractivity contribution in [1.82, 2.24) is 15.3 Å². The van der Waals surface area contributed by atoms with Gasteiger partial charge in [-0.2, -0.15) is 0 Å². The lowest BCUT2D eigenvalue weighted by atomic mass is 9.85. The van der Waals surface area contributed by atoms with Gasteiger partial charge < -0.3 is 21.2 Å². The van der Waals surface area contributed by atoms with Gasteiger partial charge in [-0.1, -0.05) is 12.1 Å². The number of H-pyrrole nitrogens is 1. The highest BCUT2D eigenvalue weighted by Crippen LogP contribution is 2.21. The molecule has 94 valence electrons. The number of hydrogen-bond donors (Lipinski definition) is 4. The van der Waals surface area contributed by atoms with Crippen LogP contribution in [0.15, 0.2) is 17.7 Å². The largest absolute Gasteiger partial charge is 0.409 e. The summed E-state index contributed by atoms with van der Waals surface area (Å²) in [5.41, 5.74) is 5.31. The number of oxime groups is 1. The van der Waals surface area contributed by atoms with Crippen LogP contribution in [0.2, 0.25) is 0 Å². The number of nitrogens with two attached hydrogens (primary N) is 1. The molecule has 5 N–H and O–H groups in total. The normalized spacial score (nSPS) is 15.3. The van der Waals surface area contributed by atoms with Crippen LogP contribution in [0.1, 0.15) is 26.0 Å². The number of amides is 1. The molecule has 1 atom stereocenters. The van der Waals surface area contributed by atoms with E-state index in [1.165, 1.54) is 6.33 Å². The van der Waals surface area contributed by atoms with Gasteiger partial charge in [0.15, 0.2) is 5.84 Å². The van der Waals surface area contributed by atoms with E-state index < -0.39 is 5.41 Å². The summed E-state index contributed by atoms with van der Waals surface area (Å²) in [6.45, 7) is 3.76. The van der Waals surface area contributed by atoms with Gasteiger partial charge in [0, 0.05) is 6.20 Å². The summed E-state index contributed by atoms with van der Waals surface area (Å²) >= 11 is 0. The van der Waals surface area contributed by atoms with E-state index in [9.17, 15) is 4.79 Å². The van der Waals surface area contributed by atoms with Crippen molar-refractivity contribution in [3.63, 3.8) is 0 Å². The van der Waals surface area contributed by atoms with Crippen molar-refractivity contribution in [2.75, 3.05) is 0 Å². The molecule has 0 saturated heterocycles. The van der Waals surface area contributed by atoms with Crippen molar-refractivity contribution in [2.45, 2.75) is 26.8 Å².